The van der Waals surface area contributed by atoms with Crippen molar-refractivity contribution in [3.05, 3.63) is 89.1 Å². The summed E-state index contributed by atoms with van der Waals surface area (Å²) in [5, 5.41) is 2.95. The topological polar surface area (TPSA) is 51.2 Å². The highest BCUT2D eigenvalue weighted by atomic mass is 16.5. The zero-order valence-corrected chi connectivity index (χ0v) is 14.3. The van der Waals surface area contributed by atoms with E-state index in [-0.39, 0.29) is 5.78 Å². The van der Waals surface area contributed by atoms with Crippen LogP contribution in [-0.2, 0) is 6.61 Å². The zero-order chi connectivity index (χ0) is 17.6. The lowest BCUT2D eigenvalue weighted by molar-refractivity contribution is 0.103. The second kappa shape index (κ2) is 7.62. The number of pyridine rings is 1. The summed E-state index contributed by atoms with van der Waals surface area (Å²) < 4.78 is 5.85. The van der Waals surface area contributed by atoms with Crippen LogP contribution in [-0.4, -0.2) is 17.8 Å². The average Bonchev–Trinajstić information content (AvgIpc) is 2.66. The molecule has 0 aliphatic rings. The van der Waals surface area contributed by atoms with Gasteiger partial charge in [0.15, 0.2) is 5.78 Å². The number of rotatable bonds is 6. The summed E-state index contributed by atoms with van der Waals surface area (Å²) in [7, 11) is 1.75. The van der Waals surface area contributed by atoms with Crippen LogP contribution >= 0.6 is 0 Å². The van der Waals surface area contributed by atoms with Gasteiger partial charge in [-0.15, -0.1) is 0 Å². The van der Waals surface area contributed by atoms with Crippen molar-refractivity contribution in [2.45, 2.75) is 13.5 Å². The van der Waals surface area contributed by atoms with E-state index in [0.29, 0.717) is 29.3 Å². The molecule has 1 aromatic heterocycles. The quantitative estimate of drug-likeness (QED) is 0.686. The van der Waals surface area contributed by atoms with Gasteiger partial charge in [0.25, 0.3) is 0 Å². The van der Waals surface area contributed by atoms with Crippen molar-refractivity contribution < 1.29 is 9.53 Å². The van der Waals surface area contributed by atoms with E-state index in [4.69, 9.17) is 4.74 Å². The van der Waals surface area contributed by atoms with Crippen molar-refractivity contribution in [2.24, 2.45) is 0 Å². The van der Waals surface area contributed by atoms with Gasteiger partial charge in [0.2, 0.25) is 0 Å². The maximum Gasteiger partial charge on any atom is 0.196 e. The SMILES string of the molecule is CNc1ncccc1C(=O)c1cccc(OCc2cccc(C)c2)c1. The first-order chi connectivity index (χ1) is 12.2. The van der Waals surface area contributed by atoms with Gasteiger partial charge >= 0.3 is 0 Å². The summed E-state index contributed by atoms with van der Waals surface area (Å²) in [4.78, 5) is 16.9. The fraction of sp³-hybridized carbons (Fsp3) is 0.143. The van der Waals surface area contributed by atoms with Crippen LogP contribution in [0, 0.1) is 6.92 Å². The monoisotopic (exact) mass is 332 g/mol. The van der Waals surface area contributed by atoms with Crippen LogP contribution in [0.3, 0.4) is 0 Å². The lowest BCUT2D eigenvalue weighted by Crippen LogP contribution is -2.07. The summed E-state index contributed by atoms with van der Waals surface area (Å²) in [5.41, 5.74) is 3.41. The number of benzene rings is 2. The molecule has 0 fully saturated rings. The van der Waals surface area contributed by atoms with Gasteiger partial charge < -0.3 is 10.1 Å². The van der Waals surface area contributed by atoms with E-state index < -0.39 is 0 Å². The van der Waals surface area contributed by atoms with Crippen molar-refractivity contribution >= 4 is 11.6 Å². The molecule has 0 saturated heterocycles. The molecule has 0 saturated carbocycles. The van der Waals surface area contributed by atoms with E-state index in [1.807, 2.05) is 24.3 Å². The number of hydrogen-bond donors (Lipinski definition) is 1. The first-order valence-electron chi connectivity index (χ1n) is 8.13. The van der Waals surface area contributed by atoms with Gasteiger partial charge in [-0.3, -0.25) is 4.79 Å². The minimum absolute atomic E-state index is 0.0848. The summed E-state index contributed by atoms with van der Waals surface area (Å²) in [5.74, 6) is 1.15. The van der Waals surface area contributed by atoms with E-state index in [0.717, 1.165) is 5.56 Å². The molecule has 25 heavy (non-hydrogen) atoms. The summed E-state index contributed by atoms with van der Waals surface area (Å²) in [6.45, 7) is 2.52. The van der Waals surface area contributed by atoms with Crippen LogP contribution in [0.2, 0.25) is 0 Å². The van der Waals surface area contributed by atoms with Crippen molar-refractivity contribution in [1.29, 1.82) is 0 Å². The summed E-state index contributed by atoms with van der Waals surface area (Å²) in [6, 6.07) is 18.9. The molecule has 0 unspecified atom stereocenters. The molecule has 3 aromatic rings. The van der Waals surface area contributed by atoms with Gasteiger partial charge in [-0.25, -0.2) is 4.98 Å². The Balaban J connectivity index is 1.78. The number of hydrogen-bond acceptors (Lipinski definition) is 4. The van der Waals surface area contributed by atoms with E-state index in [2.05, 4.69) is 29.4 Å². The number of aromatic nitrogens is 1. The Bertz CT molecular complexity index is 890. The summed E-state index contributed by atoms with van der Waals surface area (Å²) >= 11 is 0. The smallest absolute Gasteiger partial charge is 0.196 e. The standard InChI is InChI=1S/C21H20N2O2/c1-15-6-3-7-16(12-15)14-25-18-9-4-8-17(13-18)20(24)19-10-5-11-23-21(19)22-2/h3-13H,14H2,1-2H3,(H,22,23). The lowest BCUT2D eigenvalue weighted by atomic mass is 10.0. The molecule has 2 aromatic carbocycles. The van der Waals surface area contributed by atoms with Crippen molar-refractivity contribution in [3.63, 3.8) is 0 Å². The van der Waals surface area contributed by atoms with E-state index >= 15 is 0 Å². The van der Waals surface area contributed by atoms with Crippen LogP contribution in [0.15, 0.2) is 66.9 Å². The highest BCUT2D eigenvalue weighted by Gasteiger charge is 2.14. The maximum atomic E-state index is 12.8. The predicted molar refractivity (Wildman–Crippen MR) is 99.2 cm³/mol. The molecular weight excluding hydrogens is 312 g/mol. The van der Waals surface area contributed by atoms with E-state index in [9.17, 15) is 4.79 Å². The minimum atomic E-state index is -0.0848. The van der Waals surface area contributed by atoms with Gasteiger partial charge in [0.1, 0.15) is 18.2 Å². The first kappa shape index (κ1) is 16.7. The number of anilines is 1. The molecule has 3 rings (SSSR count). The van der Waals surface area contributed by atoms with Gasteiger partial charge in [0, 0.05) is 18.8 Å². The van der Waals surface area contributed by atoms with Crippen LogP contribution in [0.5, 0.6) is 5.75 Å². The molecule has 0 aliphatic carbocycles. The molecular formula is C21H20N2O2. The highest BCUT2D eigenvalue weighted by Crippen LogP contribution is 2.21. The van der Waals surface area contributed by atoms with Crippen LogP contribution in [0.1, 0.15) is 27.0 Å². The van der Waals surface area contributed by atoms with Crippen molar-refractivity contribution in [3.8, 4) is 5.75 Å². The molecule has 0 atom stereocenters. The number of nitrogens with one attached hydrogen (secondary N) is 1. The number of ether oxygens (including phenoxy) is 1. The number of nitrogens with zero attached hydrogens (tertiary/aromatic N) is 1. The molecule has 0 radical (unpaired) electrons. The molecule has 0 spiro atoms. The molecule has 1 heterocycles. The highest BCUT2D eigenvalue weighted by molar-refractivity contribution is 6.11. The Hall–Kier alpha value is -3.14. The third-order valence-electron chi connectivity index (χ3n) is 3.87. The molecule has 4 heteroatoms. The number of aryl methyl sites for hydroxylation is 1. The summed E-state index contributed by atoms with van der Waals surface area (Å²) in [6.07, 6.45) is 1.66. The fourth-order valence-electron chi connectivity index (χ4n) is 2.64. The predicted octanol–water partition coefficient (Wildman–Crippen LogP) is 4.24. The Labute approximate surface area is 147 Å². The molecule has 0 bridgehead atoms. The lowest BCUT2D eigenvalue weighted by Gasteiger charge is -2.10. The second-order valence-corrected chi connectivity index (χ2v) is 5.78. The van der Waals surface area contributed by atoms with Crippen LogP contribution in [0.4, 0.5) is 5.82 Å². The molecule has 4 nitrogen and oxygen atoms in total. The van der Waals surface area contributed by atoms with Crippen molar-refractivity contribution in [2.75, 3.05) is 12.4 Å². The first-order valence-corrected chi connectivity index (χ1v) is 8.13. The third-order valence-corrected chi connectivity index (χ3v) is 3.87. The fourth-order valence-corrected chi connectivity index (χ4v) is 2.64. The molecule has 126 valence electrons. The number of ketones is 1. The largest absolute Gasteiger partial charge is 0.489 e. The Morgan fingerprint density at radius 1 is 1.08 bits per heavy atom. The van der Waals surface area contributed by atoms with E-state index in [1.165, 1.54) is 5.56 Å². The van der Waals surface area contributed by atoms with Gasteiger partial charge in [-0.1, -0.05) is 42.0 Å². The zero-order valence-electron chi connectivity index (χ0n) is 14.3. The number of carbonyl (C=O) groups is 1. The number of carbonyl (C=O) groups excluding carboxylic acids is 1. The van der Waals surface area contributed by atoms with Gasteiger partial charge in [0.05, 0.1) is 5.56 Å². The Kier molecular flexibility index (Phi) is 5.09. The molecule has 1 N–H and O–H groups in total. The van der Waals surface area contributed by atoms with Crippen LogP contribution < -0.4 is 10.1 Å². The van der Waals surface area contributed by atoms with Gasteiger partial charge in [-0.05, 0) is 36.8 Å². The van der Waals surface area contributed by atoms with Crippen molar-refractivity contribution in [1.82, 2.24) is 4.98 Å². The third kappa shape index (κ3) is 4.04. The normalized spacial score (nSPS) is 10.3. The maximum absolute atomic E-state index is 12.8. The minimum Gasteiger partial charge on any atom is -0.489 e. The Morgan fingerprint density at radius 3 is 2.72 bits per heavy atom. The van der Waals surface area contributed by atoms with E-state index in [1.54, 1.807) is 37.5 Å². The average molecular weight is 332 g/mol. The molecule has 0 aliphatic heterocycles. The van der Waals surface area contributed by atoms with Crippen LogP contribution in [0.25, 0.3) is 0 Å². The Morgan fingerprint density at radius 2 is 1.92 bits per heavy atom. The van der Waals surface area contributed by atoms with Gasteiger partial charge in [-0.2, -0.15) is 0 Å². The second-order valence-electron chi connectivity index (χ2n) is 5.78. The molecule has 0 amide bonds.